The summed E-state index contributed by atoms with van der Waals surface area (Å²) in [4.78, 5) is 3.38. The van der Waals surface area contributed by atoms with Gasteiger partial charge in [0.2, 0.25) is 0 Å². The Morgan fingerprint density at radius 1 is 1.17 bits per heavy atom. The normalized spacial score (nSPS) is 18.3. The molecule has 1 nitrogen and oxygen atoms in total. The van der Waals surface area contributed by atoms with Gasteiger partial charge in [0, 0.05) is 22.0 Å². The Hall–Kier alpha value is -1.31. The first kappa shape index (κ1) is 11.8. The summed E-state index contributed by atoms with van der Waals surface area (Å²) >= 11 is 0. The molecule has 0 radical (unpaired) electrons. The van der Waals surface area contributed by atoms with Gasteiger partial charge in [0.05, 0.1) is 0 Å². The van der Waals surface area contributed by atoms with E-state index in [4.69, 9.17) is 0 Å². The first-order valence-electron chi connectivity index (χ1n) is 6.63. The highest BCUT2D eigenvalue weighted by molar-refractivity contribution is 5.82. The van der Waals surface area contributed by atoms with Crippen molar-refractivity contribution in [3.63, 3.8) is 0 Å². The van der Waals surface area contributed by atoms with Crippen molar-refractivity contribution >= 4 is 10.9 Å². The van der Waals surface area contributed by atoms with Gasteiger partial charge in [-0.25, -0.2) is 4.39 Å². The van der Waals surface area contributed by atoms with Crippen molar-refractivity contribution in [2.24, 2.45) is 0 Å². The van der Waals surface area contributed by atoms with E-state index in [0.29, 0.717) is 5.41 Å². The van der Waals surface area contributed by atoms with Crippen molar-refractivity contribution in [3.8, 4) is 0 Å². The van der Waals surface area contributed by atoms with Gasteiger partial charge in [0.15, 0.2) is 0 Å². The van der Waals surface area contributed by atoms with Crippen molar-refractivity contribution in [2.45, 2.75) is 51.4 Å². The van der Waals surface area contributed by atoms with Gasteiger partial charge in [0.1, 0.15) is 5.82 Å². The first-order chi connectivity index (χ1) is 8.29. The zero-order chi connectivity index (χ0) is 13.1. The van der Waals surface area contributed by atoms with E-state index in [2.05, 4.69) is 18.0 Å². The number of halogens is 1. The van der Waals surface area contributed by atoms with Gasteiger partial charge in [-0.15, -0.1) is 0 Å². The Morgan fingerprint density at radius 3 is 2.39 bits per heavy atom. The Morgan fingerprint density at radius 2 is 1.83 bits per heavy atom. The van der Waals surface area contributed by atoms with Crippen LogP contribution in [0.5, 0.6) is 0 Å². The van der Waals surface area contributed by atoms with Crippen molar-refractivity contribution in [1.29, 1.82) is 0 Å². The Kier molecular flexibility index (Phi) is 2.20. The number of aromatic nitrogens is 1. The second-order valence-corrected chi connectivity index (χ2v) is 6.91. The Bertz CT molecular complexity index is 612. The predicted octanol–water partition coefficient (Wildman–Crippen LogP) is 4.66. The molecule has 1 aliphatic rings. The number of H-pyrrole nitrogens is 1. The molecule has 1 N–H and O–H groups in total. The summed E-state index contributed by atoms with van der Waals surface area (Å²) in [5.41, 5.74) is 3.12. The molecule has 1 heterocycles. The van der Waals surface area contributed by atoms with Gasteiger partial charge < -0.3 is 4.98 Å². The molecule has 2 aromatic rings. The van der Waals surface area contributed by atoms with E-state index in [1.807, 2.05) is 26.8 Å². The number of hydrogen-bond acceptors (Lipinski definition) is 0. The van der Waals surface area contributed by atoms with Crippen molar-refractivity contribution < 1.29 is 4.39 Å². The Labute approximate surface area is 107 Å². The average Bonchev–Trinajstić information content (AvgIpc) is 2.86. The van der Waals surface area contributed by atoms with Crippen LogP contribution in [-0.4, -0.2) is 4.98 Å². The molecule has 0 aliphatic heterocycles. The maximum Gasteiger partial charge on any atom is 0.129 e. The number of hydrogen-bond donors (Lipinski definition) is 1. The minimum absolute atomic E-state index is 0.107. The molecule has 18 heavy (non-hydrogen) atoms. The molecule has 1 aromatic heterocycles. The number of benzene rings is 1. The molecule has 96 valence electrons. The quantitative estimate of drug-likeness (QED) is 0.752. The molecule has 1 aromatic carbocycles. The van der Waals surface area contributed by atoms with Crippen LogP contribution in [0.2, 0.25) is 0 Å². The fourth-order valence-corrected chi connectivity index (χ4v) is 2.51. The van der Waals surface area contributed by atoms with E-state index in [9.17, 15) is 4.39 Å². The van der Waals surface area contributed by atoms with Crippen LogP contribution >= 0.6 is 0 Å². The molecule has 0 bridgehead atoms. The van der Waals surface area contributed by atoms with Crippen LogP contribution in [0.3, 0.4) is 0 Å². The molecule has 0 spiro atoms. The van der Waals surface area contributed by atoms with Gasteiger partial charge >= 0.3 is 0 Å². The minimum atomic E-state index is -0.154. The lowest BCUT2D eigenvalue weighted by molar-refractivity contribution is 0.524. The maximum absolute atomic E-state index is 14.1. The zero-order valence-corrected chi connectivity index (χ0v) is 11.5. The third-order valence-corrected chi connectivity index (χ3v) is 4.17. The summed E-state index contributed by atoms with van der Waals surface area (Å²) < 4.78 is 14.1. The lowest BCUT2D eigenvalue weighted by atomic mass is 9.86. The predicted molar refractivity (Wildman–Crippen MR) is 73.5 cm³/mol. The smallest absolute Gasteiger partial charge is 0.129 e. The van der Waals surface area contributed by atoms with E-state index in [1.165, 1.54) is 18.5 Å². The van der Waals surface area contributed by atoms with Crippen molar-refractivity contribution in [1.82, 2.24) is 4.98 Å². The van der Waals surface area contributed by atoms with E-state index in [0.717, 1.165) is 16.5 Å². The number of fused-ring (bicyclic) bond motifs is 1. The molecule has 2 heteroatoms. The number of aromatic amines is 1. The van der Waals surface area contributed by atoms with Gasteiger partial charge in [-0.1, -0.05) is 27.7 Å². The fourth-order valence-electron chi connectivity index (χ4n) is 2.51. The number of nitrogens with one attached hydrogen (secondary N) is 1. The lowest BCUT2D eigenvalue weighted by Gasteiger charge is -2.19. The molecule has 0 saturated heterocycles. The Balaban J connectivity index is 2.17. The van der Waals surface area contributed by atoms with E-state index in [1.54, 1.807) is 6.07 Å². The fraction of sp³-hybridized carbons (Fsp3) is 0.500. The summed E-state index contributed by atoms with van der Waals surface area (Å²) in [7, 11) is 0. The summed E-state index contributed by atoms with van der Waals surface area (Å²) in [6, 6.07) is 5.83. The molecular weight excluding hydrogens is 225 g/mol. The van der Waals surface area contributed by atoms with Crippen LogP contribution in [-0.2, 0) is 10.8 Å². The highest BCUT2D eigenvalue weighted by Crippen LogP contribution is 2.48. The maximum atomic E-state index is 14.1. The van der Waals surface area contributed by atoms with E-state index >= 15 is 0 Å². The molecule has 0 atom stereocenters. The first-order valence-corrected chi connectivity index (χ1v) is 6.63. The van der Waals surface area contributed by atoms with Crippen LogP contribution in [0.4, 0.5) is 4.39 Å². The second kappa shape index (κ2) is 3.37. The molecule has 0 unspecified atom stereocenters. The second-order valence-electron chi connectivity index (χ2n) is 6.91. The topological polar surface area (TPSA) is 15.8 Å². The lowest BCUT2D eigenvalue weighted by Crippen LogP contribution is -2.13. The third-order valence-electron chi connectivity index (χ3n) is 4.17. The van der Waals surface area contributed by atoms with Gasteiger partial charge in [-0.05, 0) is 42.0 Å². The van der Waals surface area contributed by atoms with Gasteiger partial charge in [-0.2, -0.15) is 0 Å². The molecule has 1 saturated carbocycles. The summed E-state index contributed by atoms with van der Waals surface area (Å²) in [5.74, 6) is -0.107. The average molecular weight is 245 g/mol. The summed E-state index contributed by atoms with van der Waals surface area (Å²) in [5, 5.41) is 1.13. The van der Waals surface area contributed by atoms with Crippen LogP contribution in [0, 0.1) is 5.82 Å². The van der Waals surface area contributed by atoms with Crippen LogP contribution in [0.15, 0.2) is 18.2 Å². The SMILES string of the molecule is CC(C)(C)c1cc2cc(C3(C)CC3)[nH]c2cc1F. The standard InChI is InChI=1S/C16H20FN/c1-15(2,3)11-7-10-8-14(16(4)5-6-16)18-13(10)9-12(11)17/h7-9,18H,5-6H2,1-4H3. The van der Waals surface area contributed by atoms with Crippen LogP contribution < -0.4 is 0 Å². The molecule has 1 fully saturated rings. The van der Waals surface area contributed by atoms with Crippen molar-refractivity contribution in [3.05, 3.63) is 35.3 Å². The largest absolute Gasteiger partial charge is 0.358 e. The monoisotopic (exact) mass is 245 g/mol. The minimum Gasteiger partial charge on any atom is -0.358 e. The molecule has 3 rings (SSSR count). The van der Waals surface area contributed by atoms with E-state index < -0.39 is 0 Å². The zero-order valence-electron chi connectivity index (χ0n) is 11.5. The summed E-state index contributed by atoms with van der Waals surface area (Å²) in [6.07, 6.45) is 2.46. The van der Waals surface area contributed by atoms with Gasteiger partial charge in [0.25, 0.3) is 0 Å². The van der Waals surface area contributed by atoms with Gasteiger partial charge in [-0.3, -0.25) is 0 Å². The molecular formula is C16H20FN. The number of rotatable bonds is 1. The van der Waals surface area contributed by atoms with Crippen LogP contribution in [0.1, 0.15) is 51.8 Å². The highest BCUT2D eigenvalue weighted by atomic mass is 19.1. The molecule has 0 amide bonds. The molecule has 1 aliphatic carbocycles. The van der Waals surface area contributed by atoms with Crippen molar-refractivity contribution in [2.75, 3.05) is 0 Å². The highest BCUT2D eigenvalue weighted by Gasteiger charge is 2.40. The summed E-state index contributed by atoms with van der Waals surface area (Å²) in [6.45, 7) is 8.41. The van der Waals surface area contributed by atoms with E-state index in [-0.39, 0.29) is 11.2 Å². The third kappa shape index (κ3) is 1.75. The van der Waals surface area contributed by atoms with Crippen LogP contribution in [0.25, 0.3) is 10.9 Å².